The third-order valence-electron chi connectivity index (χ3n) is 4.07. The van der Waals surface area contributed by atoms with Crippen LogP contribution in [0.3, 0.4) is 0 Å². The van der Waals surface area contributed by atoms with E-state index in [9.17, 15) is 4.39 Å². The first-order valence-electron chi connectivity index (χ1n) is 8.61. The minimum atomic E-state index is -0.193. The van der Waals surface area contributed by atoms with Gasteiger partial charge in [-0.2, -0.15) is 0 Å². The van der Waals surface area contributed by atoms with E-state index in [-0.39, 0.29) is 5.82 Å². The minimum absolute atomic E-state index is 0.193. The van der Waals surface area contributed by atoms with Crippen molar-refractivity contribution in [1.82, 2.24) is 5.32 Å². The molecule has 0 atom stereocenters. The molecule has 3 rings (SSSR count). The molecule has 134 valence electrons. The van der Waals surface area contributed by atoms with Crippen molar-refractivity contribution in [2.24, 2.45) is 0 Å². The SMILES string of the molecule is Fc1ccc(CCNCc2ccc(OCc3ccccc3)c(Br)c2)cc1. The summed E-state index contributed by atoms with van der Waals surface area (Å²) in [4.78, 5) is 0. The van der Waals surface area contributed by atoms with Gasteiger partial charge in [0, 0.05) is 6.54 Å². The molecule has 2 nitrogen and oxygen atoms in total. The minimum Gasteiger partial charge on any atom is -0.488 e. The summed E-state index contributed by atoms with van der Waals surface area (Å²) in [5.74, 6) is 0.644. The van der Waals surface area contributed by atoms with Gasteiger partial charge in [-0.15, -0.1) is 0 Å². The molecule has 0 aliphatic rings. The molecule has 0 heterocycles. The second-order valence-electron chi connectivity index (χ2n) is 6.09. The Morgan fingerprint density at radius 1 is 0.846 bits per heavy atom. The molecule has 0 aliphatic heterocycles. The van der Waals surface area contributed by atoms with Crippen LogP contribution in [0.1, 0.15) is 16.7 Å². The molecule has 4 heteroatoms. The van der Waals surface area contributed by atoms with E-state index in [1.165, 1.54) is 17.7 Å². The highest BCUT2D eigenvalue weighted by Crippen LogP contribution is 2.26. The maximum Gasteiger partial charge on any atom is 0.134 e. The Balaban J connectivity index is 1.45. The van der Waals surface area contributed by atoms with E-state index in [1.54, 1.807) is 0 Å². The molecule has 0 bridgehead atoms. The molecule has 1 N–H and O–H groups in total. The fraction of sp³-hybridized carbons (Fsp3) is 0.182. The summed E-state index contributed by atoms with van der Waals surface area (Å²) >= 11 is 3.58. The fourth-order valence-corrected chi connectivity index (χ4v) is 3.16. The molecule has 0 aromatic heterocycles. The van der Waals surface area contributed by atoms with Gasteiger partial charge >= 0.3 is 0 Å². The topological polar surface area (TPSA) is 21.3 Å². The lowest BCUT2D eigenvalue weighted by Crippen LogP contribution is -2.16. The Labute approximate surface area is 162 Å². The Bertz CT molecular complexity index is 821. The average molecular weight is 414 g/mol. The molecule has 3 aromatic carbocycles. The fourth-order valence-electron chi connectivity index (χ4n) is 2.62. The van der Waals surface area contributed by atoms with Gasteiger partial charge in [0.25, 0.3) is 0 Å². The Kier molecular flexibility index (Phi) is 6.81. The molecule has 0 fully saturated rings. The highest BCUT2D eigenvalue weighted by molar-refractivity contribution is 9.10. The highest BCUT2D eigenvalue weighted by Gasteiger charge is 2.04. The standard InChI is InChI=1S/C22H21BrFNO/c23-21-14-19(15-25-13-12-17-6-9-20(24)10-7-17)8-11-22(21)26-16-18-4-2-1-3-5-18/h1-11,14,25H,12-13,15-16H2. The zero-order valence-corrected chi connectivity index (χ0v) is 16.0. The van der Waals surface area contributed by atoms with Crippen molar-refractivity contribution in [3.63, 3.8) is 0 Å². The Hall–Kier alpha value is -2.17. The number of halogens is 2. The summed E-state index contributed by atoms with van der Waals surface area (Å²) < 4.78 is 19.7. The smallest absolute Gasteiger partial charge is 0.134 e. The third kappa shape index (κ3) is 5.68. The zero-order valence-electron chi connectivity index (χ0n) is 14.4. The lowest BCUT2D eigenvalue weighted by atomic mass is 10.1. The van der Waals surface area contributed by atoms with Gasteiger partial charge in [-0.05, 0) is 69.9 Å². The van der Waals surface area contributed by atoms with Crippen LogP contribution < -0.4 is 10.1 Å². The summed E-state index contributed by atoms with van der Waals surface area (Å²) in [6.07, 6.45) is 0.875. The van der Waals surface area contributed by atoms with Gasteiger partial charge in [0.05, 0.1) is 4.47 Å². The van der Waals surface area contributed by atoms with Crippen LogP contribution in [0.4, 0.5) is 4.39 Å². The number of hydrogen-bond donors (Lipinski definition) is 1. The quantitative estimate of drug-likeness (QED) is 0.492. The van der Waals surface area contributed by atoms with Crippen molar-refractivity contribution in [2.45, 2.75) is 19.6 Å². The van der Waals surface area contributed by atoms with Crippen LogP contribution in [0.5, 0.6) is 5.75 Å². The maximum absolute atomic E-state index is 12.9. The molecule has 3 aromatic rings. The van der Waals surface area contributed by atoms with Crippen molar-refractivity contribution >= 4 is 15.9 Å². The van der Waals surface area contributed by atoms with Crippen LogP contribution in [0.2, 0.25) is 0 Å². The van der Waals surface area contributed by atoms with Crippen molar-refractivity contribution in [3.8, 4) is 5.75 Å². The number of benzene rings is 3. The van der Waals surface area contributed by atoms with E-state index < -0.39 is 0 Å². The van der Waals surface area contributed by atoms with E-state index in [2.05, 4.69) is 33.4 Å². The normalized spacial score (nSPS) is 10.7. The second kappa shape index (κ2) is 9.51. The van der Waals surface area contributed by atoms with E-state index in [1.807, 2.05) is 48.5 Å². The van der Waals surface area contributed by atoms with E-state index in [0.29, 0.717) is 6.61 Å². The average Bonchev–Trinajstić information content (AvgIpc) is 2.67. The van der Waals surface area contributed by atoms with Gasteiger partial charge < -0.3 is 10.1 Å². The predicted octanol–water partition coefficient (Wildman–Crippen LogP) is 5.50. The summed E-state index contributed by atoms with van der Waals surface area (Å²) in [6, 6.07) is 22.9. The number of nitrogens with one attached hydrogen (secondary N) is 1. The molecule has 0 radical (unpaired) electrons. The van der Waals surface area contributed by atoms with Crippen LogP contribution in [-0.2, 0) is 19.6 Å². The van der Waals surface area contributed by atoms with Crippen molar-refractivity contribution in [1.29, 1.82) is 0 Å². The van der Waals surface area contributed by atoms with Crippen molar-refractivity contribution < 1.29 is 9.13 Å². The number of hydrogen-bond acceptors (Lipinski definition) is 2. The lowest BCUT2D eigenvalue weighted by molar-refractivity contribution is 0.304. The van der Waals surface area contributed by atoms with Gasteiger partial charge in [-0.1, -0.05) is 48.5 Å². The number of rotatable bonds is 8. The van der Waals surface area contributed by atoms with Crippen LogP contribution in [0.15, 0.2) is 77.3 Å². The van der Waals surface area contributed by atoms with Crippen LogP contribution in [-0.4, -0.2) is 6.54 Å². The van der Waals surface area contributed by atoms with Crippen LogP contribution >= 0.6 is 15.9 Å². The van der Waals surface area contributed by atoms with Gasteiger partial charge in [-0.3, -0.25) is 0 Å². The second-order valence-corrected chi connectivity index (χ2v) is 6.95. The first-order valence-corrected chi connectivity index (χ1v) is 9.40. The third-order valence-corrected chi connectivity index (χ3v) is 4.69. The molecule has 0 unspecified atom stereocenters. The van der Waals surface area contributed by atoms with Gasteiger partial charge in [0.15, 0.2) is 0 Å². The molecule has 0 spiro atoms. The Morgan fingerprint density at radius 2 is 1.58 bits per heavy atom. The Morgan fingerprint density at radius 3 is 2.31 bits per heavy atom. The highest BCUT2D eigenvalue weighted by atomic mass is 79.9. The largest absolute Gasteiger partial charge is 0.488 e. The molecular formula is C22H21BrFNO. The summed E-state index contributed by atoms with van der Waals surface area (Å²) in [5, 5.41) is 3.41. The maximum atomic E-state index is 12.9. The summed E-state index contributed by atoms with van der Waals surface area (Å²) in [5.41, 5.74) is 3.46. The van der Waals surface area contributed by atoms with Gasteiger partial charge in [-0.25, -0.2) is 4.39 Å². The molecule has 0 saturated heterocycles. The first-order chi connectivity index (χ1) is 12.7. The number of ether oxygens (including phenoxy) is 1. The summed E-state index contributed by atoms with van der Waals surface area (Å²) in [7, 11) is 0. The zero-order chi connectivity index (χ0) is 18.2. The molecule has 0 amide bonds. The van der Waals surface area contributed by atoms with E-state index in [4.69, 9.17) is 4.74 Å². The van der Waals surface area contributed by atoms with Gasteiger partial charge in [0.2, 0.25) is 0 Å². The van der Waals surface area contributed by atoms with Crippen molar-refractivity contribution in [3.05, 3.63) is 99.8 Å². The monoisotopic (exact) mass is 413 g/mol. The van der Waals surface area contributed by atoms with Gasteiger partial charge in [0.1, 0.15) is 18.2 Å². The first kappa shape index (κ1) is 18.6. The van der Waals surface area contributed by atoms with E-state index >= 15 is 0 Å². The summed E-state index contributed by atoms with van der Waals surface area (Å²) in [6.45, 7) is 2.17. The van der Waals surface area contributed by atoms with Crippen molar-refractivity contribution in [2.75, 3.05) is 6.54 Å². The van der Waals surface area contributed by atoms with E-state index in [0.717, 1.165) is 40.9 Å². The molecule has 26 heavy (non-hydrogen) atoms. The molecule has 0 aliphatic carbocycles. The molecular weight excluding hydrogens is 393 g/mol. The lowest BCUT2D eigenvalue weighted by Gasteiger charge is -2.11. The van der Waals surface area contributed by atoms with Crippen LogP contribution in [0.25, 0.3) is 0 Å². The van der Waals surface area contributed by atoms with Crippen LogP contribution in [0, 0.1) is 5.82 Å². The predicted molar refractivity (Wildman–Crippen MR) is 107 cm³/mol. The molecule has 0 saturated carbocycles.